The maximum Gasteiger partial charge on any atom is 0.227 e. The van der Waals surface area contributed by atoms with E-state index in [4.69, 9.17) is 23.2 Å². The van der Waals surface area contributed by atoms with Crippen molar-refractivity contribution in [2.45, 2.75) is 39.2 Å². The molecule has 0 atom stereocenters. The molecule has 3 rings (SSSR count). The second-order valence-electron chi connectivity index (χ2n) is 6.78. The molecule has 0 radical (unpaired) electrons. The maximum atomic E-state index is 12.7. The lowest BCUT2D eigenvalue weighted by Crippen LogP contribution is -2.44. The maximum absolute atomic E-state index is 12.7. The van der Waals surface area contributed by atoms with Crippen molar-refractivity contribution in [3.05, 3.63) is 45.2 Å². The first-order valence-electron chi connectivity index (χ1n) is 8.86. The molecule has 5 nitrogen and oxygen atoms in total. The molecule has 0 aliphatic carbocycles. The third kappa shape index (κ3) is 3.90. The van der Waals surface area contributed by atoms with E-state index in [-0.39, 0.29) is 5.91 Å². The van der Waals surface area contributed by atoms with Gasteiger partial charge in [-0.15, -0.1) is 0 Å². The van der Waals surface area contributed by atoms with Crippen LogP contribution in [0.15, 0.2) is 18.2 Å². The number of aromatic nitrogens is 2. The van der Waals surface area contributed by atoms with Crippen LogP contribution in [0.2, 0.25) is 10.0 Å². The molecule has 140 valence electrons. The van der Waals surface area contributed by atoms with Gasteiger partial charge in [0.2, 0.25) is 5.91 Å². The van der Waals surface area contributed by atoms with Crippen molar-refractivity contribution in [2.75, 3.05) is 20.1 Å². The molecule has 2 heterocycles. The summed E-state index contributed by atoms with van der Waals surface area (Å²) in [6.07, 6.45) is 2.37. The summed E-state index contributed by atoms with van der Waals surface area (Å²) in [5.41, 5.74) is 3.53. The minimum Gasteiger partial charge on any atom is -0.342 e. The van der Waals surface area contributed by atoms with Gasteiger partial charge in [-0.05, 0) is 51.9 Å². The normalized spacial score (nSPS) is 15.5. The molecule has 0 spiro atoms. The number of piperidine rings is 1. The standard InChI is InChI=1S/C19H24Cl2N4O/c1-12-16(11-19(26)24-8-6-15(22-3)7-9-24)13(2)25(23-12)18-5-4-14(20)10-17(18)21/h4-5,10,15,22H,6-9,11H2,1-3H3. The summed E-state index contributed by atoms with van der Waals surface area (Å²) in [6, 6.07) is 5.84. The van der Waals surface area contributed by atoms with Gasteiger partial charge in [0.15, 0.2) is 0 Å². The van der Waals surface area contributed by atoms with Crippen molar-refractivity contribution in [2.24, 2.45) is 0 Å². The number of amides is 1. The second-order valence-corrected chi connectivity index (χ2v) is 7.62. The first-order valence-corrected chi connectivity index (χ1v) is 9.62. The van der Waals surface area contributed by atoms with Crippen LogP contribution in [0.4, 0.5) is 0 Å². The predicted octanol–water partition coefficient (Wildman–Crippen LogP) is 3.55. The van der Waals surface area contributed by atoms with E-state index in [2.05, 4.69) is 10.4 Å². The van der Waals surface area contributed by atoms with Gasteiger partial charge in [-0.25, -0.2) is 4.68 Å². The SMILES string of the molecule is CNC1CCN(C(=O)Cc2c(C)nn(-c3ccc(Cl)cc3Cl)c2C)CC1. The molecule has 1 aromatic heterocycles. The molecule has 1 aromatic carbocycles. The number of hydrogen-bond acceptors (Lipinski definition) is 3. The van der Waals surface area contributed by atoms with Gasteiger partial charge in [0, 0.05) is 35.4 Å². The predicted molar refractivity (Wildman–Crippen MR) is 105 cm³/mol. The molecular weight excluding hydrogens is 371 g/mol. The molecule has 26 heavy (non-hydrogen) atoms. The summed E-state index contributed by atoms with van der Waals surface area (Å²) in [4.78, 5) is 14.7. The molecule has 1 fully saturated rings. The zero-order valence-corrected chi connectivity index (χ0v) is 16.9. The Balaban J connectivity index is 1.79. The fourth-order valence-electron chi connectivity index (χ4n) is 3.50. The molecule has 0 saturated carbocycles. The van der Waals surface area contributed by atoms with Crippen molar-refractivity contribution in [1.29, 1.82) is 0 Å². The molecule has 0 bridgehead atoms. The van der Waals surface area contributed by atoms with E-state index in [1.165, 1.54) is 0 Å². The Morgan fingerprint density at radius 3 is 2.58 bits per heavy atom. The fourth-order valence-corrected chi connectivity index (χ4v) is 3.99. The van der Waals surface area contributed by atoms with E-state index in [0.29, 0.717) is 22.5 Å². The van der Waals surface area contributed by atoms with Gasteiger partial charge >= 0.3 is 0 Å². The average molecular weight is 395 g/mol. The molecule has 0 unspecified atom stereocenters. The summed E-state index contributed by atoms with van der Waals surface area (Å²) in [7, 11) is 1.98. The highest BCUT2D eigenvalue weighted by atomic mass is 35.5. The third-order valence-electron chi connectivity index (χ3n) is 5.16. The van der Waals surface area contributed by atoms with E-state index >= 15 is 0 Å². The lowest BCUT2D eigenvalue weighted by atomic mass is 10.0. The van der Waals surface area contributed by atoms with Crippen LogP contribution < -0.4 is 5.32 Å². The number of carbonyl (C=O) groups excluding carboxylic acids is 1. The lowest BCUT2D eigenvalue weighted by molar-refractivity contribution is -0.131. The molecule has 1 amide bonds. The van der Waals surface area contributed by atoms with Crippen LogP contribution in [0, 0.1) is 13.8 Å². The van der Waals surface area contributed by atoms with E-state index in [1.807, 2.05) is 31.9 Å². The topological polar surface area (TPSA) is 50.2 Å². The van der Waals surface area contributed by atoms with E-state index in [1.54, 1.807) is 16.8 Å². The van der Waals surface area contributed by atoms with Crippen LogP contribution in [0.5, 0.6) is 0 Å². The Labute approximate surface area is 164 Å². The molecule has 1 aliphatic heterocycles. The Kier molecular flexibility index (Phi) is 5.90. The first-order chi connectivity index (χ1) is 12.4. The fraction of sp³-hybridized carbons (Fsp3) is 0.474. The average Bonchev–Trinajstić information content (AvgIpc) is 2.90. The van der Waals surface area contributed by atoms with Gasteiger partial charge in [-0.2, -0.15) is 5.10 Å². The minimum absolute atomic E-state index is 0.160. The van der Waals surface area contributed by atoms with Gasteiger partial charge in [0.05, 0.1) is 22.8 Å². The molecule has 1 aliphatic rings. The number of halogens is 2. The number of aryl methyl sites for hydroxylation is 1. The van der Waals surface area contributed by atoms with E-state index < -0.39 is 0 Å². The number of nitrogens with one attached hydrogen (secondary N) is 1. The Hall–Kier alpha value is -1.56. The molecule has 1 N–H and O–H groups in total. The van der Waals surface area contributed by atoms with E-state index in [9.17, 15) is 4.79 Å². The highest BCUT2D eigenvalue weighted by molar-refractivity contribution is 6.35. The summed E-state index contributed by atoms with van der Waals surface area (Å²) >= 11 is 12.3. The summed E-state index contributed by atoms with van der Waals surface area (Å²) in [5.74, 6) is 0.160. The number of benzene rings is 1. The van der Waals surface area contributed by atoms with E-state index in [0.717, 1.165) is 48.6 Å². The number of likely N-dealkylation sites (tertiary alicyclic amines) is 1. The first kappa shape index (κ1) is 19.2. The molecule has 7 heteroatoms. The monoisotopic (exact) mass is 394 g/mol. The van der Waals surface area contributed by atoms with Crippen LogP contribution in [-0.2, 0) is 11.2 Å². The molecule has 2 aromatic rings. The second kappa shape index (κ2) is 7.99. The summed E-state index contributed by atoms with van der Waals surface area (Å²) in [5, 5.41) is 9.01. The number of rotatable bonds is 4. The van der Waals surface area contributed by atoms with Crippen molar-refractivity contribution < 1.29 is 4.79 Å². The van der Waals surface area contributed by atoms with Crippen LogP contribution >= 0.6 is 23.2 Å². The van der Waals surface area contributed by atoms with Gasteiger partial charge in [-0.1, -0.05) is 23.2 Å². The largest absolute Gasteiger partial charge is 0.342 e. The summed E-state index contributed by atoms with van der Waals surface area (Å²) < 4.78 is 1.80. The molecule has 1 saturated heterocycles. The van der Waals surface area contributed by atoms with Crippen LogP contribution in [-0.4, -0.2) is 46.8 Å². The van der Waals surface area contributed by atoms with Gasteiger partial charge in [0.25, 0.3) is 0 Å². The number of nitrogens with zero attached hydrogens (tertiary/aromatic N) is 3. The van der Waals surface area contributed by atoms with Crippen LogP contribution in [0.1, 0.15) is 29.8 Å². The third-order valence-corrected chi connectivity index (χ3v) is 5.70. The van der Waals surface area contributed by atoms with Crippen LogP contribution in [0.25, 0.3) is 5.69 Å². The van der Waals surface area contributed by atoms with Crippen molar-refractivity contribution in [3.8, 4) is 5.69 Å². The highest BCUT2D eigenvalue weighted by Crippen LogP contribution is 2.27. The Morgan fingerprint density at radius 2 is 1.96 bits per heavy atom. The minimum atomic E-state index is 0.160. The van der Waals surface area contributed by atoms with Gasteiger partial charge < -0.3 is 10.2 Å². The van der Waals surface area contributed by atoms with Crippen LogP contribution in [0.3, 0.4) is 0 Å². The quantitative estimate of drug-likeness (QED) is 0.862. The number of hydrogen-bond donors (Lipinski definition) is 1. The zero-order valence-electron chi connectivity index (χ0n) is 15.4. The number of carbonyl (C=O) groups is 1. The van der Waals surface area contributed by atoms with Gasteiger partial charge in [0.1, 0.15) is 0 Å². The van der Waals surface area contributed by atoms with Gasteiger partial charge in [-0.3, -0.25) is 4.79 Å². The Morgan fingerprint density at radius 1 is 1.27 bits per heavy atom. The highest BCUT2D eigenvalue weighted by Gasteiger charge is 2.24. The lowest BCUT2D eigenvalue weighted by Gasteiger charge is -2.32. The van der Waals surface area contributed by atoms with Crippen molar-refractivity contribution in [3.63, 3.8) is 0 Å². The van der Waals surface area contributed by atoms with Crippen molar-refractivity contribution in [1.82, 2.24) is 20.0 Å². The summed E-state index contributed by atoms with van der Waals surface area (Å²) in [6.45, 7) is 5.52. The zero-order chi connectivity index (χ0) is 18.8. The Bertz CT molecular complexity index is 810. The molecular formula is C19H24Cl2N4O. The van der Waals surface area contributed by atoms with Crippen molar-refractivity contribution >= 4 is 29.1 Å². The smallest absolute Gasteiger partial charge is 0.227 e.